The van der Waals surface area contributed by atoms with Gasteiger partial charge in [-0.3, -0.25) is 14.5 Å². The average Bonchev–Trinajstić information content (AvgIpc) is 2.96. The summed E-state index contributed by atoms with van der Waals surface area (Å²) in [7, 11) is 0. The number of rotatable bonds is 8. The molecule has 0 unspecified atom stereocenters. The fraction of sp³-hybridized carbons (Fsp3) is 0.429. The molecule has 2 aromatic rings. The van der Waals surface area contributed by atoms with Gasteiger partial charge < -0.3 is 10.1 Å². The lowest BCUT2D eigenvalue weighted by Crippen LogP contribution is -2.35. The van der Waals surface area contributed by atoms with Gasteiger partial charge in [-0.15, -0.1) is 0 Å². The molecule has 2 aromatic carbocycles. The van der Waals surface area contributed by atoms with Crippen molar-refractivity contribution in [2.75, 3.05) is 18.5 Å². The van der Waals surface area contributed by atoms with Gasteiger partial charge in [0.2, 0.25) is 0 Å². The van der Waals surface area contributed by atoms with Crippen LogP contribution in [-0.4, -0.2) is 29.9 Å². The summed E-state index contributed by atoms with van der Waals surface area (Å²) in [4.78, 5) is 27.9. The van der Waals surface area contributed by atoms with Gasteiger partial charge in [0.1, 0.15) is 11.4 Å². The fourth-order valence-corrected chi connectivity index (χ4v) is 3.67. The molecule has 0 saturated heterocycles. The number of hydrogen-bond acceptors (Lipinski definition) is 4. The number of hydrogen-bond donors (Lipinski definition) is 1. The minimum atomic E-state index is -0.288. The van der Waals surface area contributed by atoms with E-state index in [1.165, 1.54) is 10.5 Å². The summed E-state index contributed by atoms with van der Waals surface area (Å²) in [6, 6.07) is 15.4. The normalized spacial score (nSPS) is 14.6. The van der Waals surface area contributed by atoms with Gasteiger partial charge >= 0.3 is 0 Å². The summed E-state index contributed by atoms with van der Waals surface area (Å²) in [5.74, 6) is 0.793. The Morgan fingerprint density at radius 2 is 1.45 bits per heavy atom. The lowest BCUT2D eigenvalue weighted by Gasteiger charge is -2.19. The fourth-order valence-electron chi connectivity index (χ4n) is 3.67. The summed E-state index contributed by atoms with van der Waals surface area (Å²) < 4.78 is 5.77. The quantitative estimate of drug-likeness (QED) is 0.513. The predicted octanol–water partition coefficient (Wildman–Crippen LogP) is 5.87. The molecule has 33 heavy (non-hydrogen) atoms. The maximum Gasteiger partial charge on any atom is 0.278 e. The van der Waals surface area contributed by atoms with Crippen LogP contribution in [0.2, 0.25) is 0 Å². The van der Waals surface area contributed by atoms with Crippen LogP contribution in [0.15, 0.2) is 54.2 Å². The number of imide groups is 1. The predicted molar refractivity (Wildman–Crippen MR) is 134 cm³/mol. The first-order chi connectivity index (χ1) is 15.5. The van der Waals surface area contributed by atoms with Crippen molar-refractivity contribution >= 4 is 23.1 Å². The van der Waals surface area contributed by atoms with Crippen LogP contribution in [0.3, 0.4) is 0 Å². The molecule has 0 saturated carbocycles. The van der Waals surface area contributed by atoms with Crippen molar-refractivity contribution in [3.63, 3.8) is 0 Å². The Morgan fingerprint density at radius 3 is 1.97 bits per heavy atom. The minimum absolute atomic E-state index is 0.0373. The molecule has 0 bridgehead atoms. The Balaban J connectivity index is 1.95. The molecule has 0 aromatic heterocycles. The first-order valence-electron chi connectivity index (χ1n) is 11.7. The summed E-state index contributed by atoms with van der Waals surface area (Å²) in [5, 5.41) is 3.24. The molecule has 0 spiro atoms. The molecule has 3 rings (SSSR count). The molecule has 176 valence electrons. The van der Waals surface area contributed by atoms with E-state index < -0.39 is 0 Å². The molecule has 2 amide bonds. The van der Waals surface area contributed by atoms with Crippen LogP contribution in [0, 0.1) is 11.8 Å². The molecular formula is C28H36N2O3. The second-order valence-corrected chi connectivity index (χ2v) is 10.5. The molecule has 0 aliphatic carbocycles. The van der Waals surface area contributed by atoms with Gasteiger partial charge in [0.05, 0.1) is 12.2 Å². The maximum atomic E-state index is 13.3. The molecule has 1 N–H and O–H groups in total. The van der Waals surface area contributed by atoms with E-state index in [9.17, 15) is 9.59 Å². The van der Waals surface area contributed by atoms with E-state index in [0.29, 0.717) is 35.9 Å². The Kier molecular flexibility index (Phi) is 7.31. The third-order valence-corrected chi connectivity index (χ3v) is 5.46. The number of amides is 2. The van der Waals surface area contributed by atoms with Crippen molar-refractivity contribution in [1.29, 1.82) is 0 Å². The van der Waals surface area contributed by atoms with Crippen molar-refractivity contribution in [3.05, 3.63) is 65.4 Å². The zero-order chi connectivity index (χ0) is 24.3. The van der Waals surface area contributed by atoms with Crippen molar-refractivity contribution < 1.29 is 14.3 Å². The van der Waals surface area contributed by atoms with Crippen molar-refractivity contribution in [2.45, 2.75) is 53.9 Å². The van der Waals surface area contributed by atoms with E-state index in [2.05, 4.69) is 52.1 Å². The standard InChI is InChI=1S/C28H36N2O3/c1-18(2)16-30-26(31)24(20-8-14-23(15-9-20)33-17-19(3)4)25(27(30)32)29-22-12-10-21(11-13-22)28(5,6)7/h8-15,18-19,29H,16-17H2,1-7H3. The highest BCUT2D eigenvalue weighted by molar-refractivity contribution is 6.36. The number of nitrogens with zero attached hydrogens (tertiary/aromatic N) is 1. The van der Waals surface area contributed by atoms with E-state index in [-0.39, 0.29) is 23.1 Å². The smallest absolute Gasteiger partial charge is 0.278 e. The second-order valence-electron chi connectivity index (χ2n) is 10.5. The van der Waals surface area contributed by atoms with Crippen LogP contribution >= 0.6 is 0 Å². The monoisotopic (exact) mass is 448 g/mol. The highest BCUT2D eigenvalue weighted by atomic mass is 16.5. The summed E-state index contributed by atoms with van der Waals surface area (Å²) >= 11 is 0. The highest BCUT2D eigenvalue weighted by Gasteiger charge is 2.39. The second kappa shape index (κ2) is 9.82. The van der Waals surface area contributed by atoms with Gasteiger partial charge in [0.25, 0.3) is 11.8 Å². The number of benzene rings is 2. The molecule has 0 radical (unpaired) electrons. The largest absolute Gasteiger partial charge is 0.493 e. The lowest BCUT2D eigenvalue weighted by atomic mass is 9.87. The zero-order valence-corrected chi connectivity index (χ0v) is 20.9. The van der Waals surface area contributed by atoms with Gasteiger partial charge in [-0.25, -0.2) is 0 Å². The Morgan fingerprint density at radius 1 is 0.848 bits per heavy atom. The van der Waals surface area contributed by atoms with E-state index in [4.69, 9.17) is 4.74 Å². The van der Waals surface area contributed by atoms with Crippen LogP contribution in [0.1, 0.15) is 59.6 Å². The molecule has 5 nitrogen and oxygen atoms in total. The molecule has 5 heteroatoms. The molecule has 1 aliphatic heterocycles. The average molecular weight is 449 g/mol. The first-order valence-corrected chi connectivity index (χ1v) is 11.7. The van der Waals surface area contributed by atoms with E-state index >= 15 is 0 Å². The molecule has 0 atom stereocenters. The zero-order valence-electron chi connectivity index (χ0n) is 20.9. The maximum absolute atomic E-state index is 13.3. The number of ether oxygens (including phenoxy) is 1. The van der Waals surface area contributed by atoms with E-state index in [1.54, 1.807) is 0 Å². The molecular weight excluding hydrogens is 412 g/mol. The third-order valence-electron chi connectivity index (χ3n) is 5.46. The Bertz CT molecular complexity index is 1030. The van der Waals surface area contributed by atoms with Crippen LogP contribution in [-0.2, 0) is 15.0 Å². The number of carbonyl (C=O) groups is 2. The van der Waals surface area contributed by atoms with Crippen molar-refractivity contribution in [3.8, 4) is 5.75 Å². The Hall–Kier alpha value is -3.08. The molecule has 1 aliphatic rings. The lowest BCUT2D eigenvalue weighted by molar-refractivity contribution is -0.137. The van der Waals surface area contributed by atoms with Gasteiger partial charge in [-0.2, -0.15) is 0 Å². The first kappa shape index (κ1) is 24.6. The van der Waals surface area contributed by atoms with Crippen LogP contribution in [0.4, 0.5) is 5.69 Å². The molecule has 0 fully saturated rings. The Labute approximate surface area is 197 Å². The van der Waals surface area contributed by atoms with E-state index in [1.807, 2.05) is 50.2 Å². The summed E-state index contributed by atoms with van der Waals surface area (Å²) in [6.07, 6.45) is 0. The number of nitrogens with one attached hydrogen (secondary N) is 1. The van der Waals surface area contributed by atoms with E-state index in [0.717, 1.165) is 11.4 Å². The van der Waals surface area contributed by atoms with Crippen LogP contribution in [0.25, 0.3) is 5.57 Å². The number of carbonyl (C=O) groups excluding carboxylic acids is 2. The SMILES string of the molecule is CC(C)COc1ccc(C2=C(Nc3ccc(C(C)(C)C)cc3)C(=O)N(CC(C)C)C2=O)cc1. The van der Waals surface area contributed by atoms with Gasteiger partial charge in [-0.05, 0) is 52.6 Å². The minimum Gasteiger partial charge on any atom is -0.493 e. The van der Waals surface area contributed by atoms with Crippen molar-refractivity contribution in [2.24, 2.45) is 11.8 Å². The van der Waals surface area contributed by atoms with Gasteiger partial charge in [0, 0.05) is 12.2 Å². The summed E-state index contributed by atoms with van der Waals surface area (Å²) in [6.45, 7) is 15.7. The molecule has 1 heterocycles. The summed E-state index contributed by atoms with van der Waals surface area (Å²) in [5.41, 5.74) is 3.44. The van der Waals surface area contributed by atoms with Crippen molar-refractivity contribution in [1.82, 2.24) is 4.90 Å². The third kappa shape index (κ3) is 5.84. The van der Waals surface area contributed by atoms with Gasteiger partial charge in [0.15, 0.2) is 0 Å². The van der Waals surface area contributed by atoms with Crippen LogP contribution in [0.5, 0.6) is 5.75 Å². The van der Waals surface area contributed by atoms with Gasteiger partial charge in [-0.1, -0.05) is 72.7 Å². The number of anilines is 1. The highest BCUT2D eigenvalue weighted by Crippen LogP contribution is 2.32. The topological polar surface area (TPSA) is 58.6 Å². The van der Waals surface area contributed by atoms with Crippen LogP contribution < -0.4 is 10.1 Å².